The van der Waals surface area contributed by atoms with E-state index in [2.05, 4.69) is 31.0 Å². The standard InChI is InChI=1S/C6H4BrN5S2/c7-3-1-14-6(10-3)12-2-9-5(11-12)4(8)13/h1-2H,(H2,8,13). The third-order valence-corrected chi connectivity index (χ3v) is 3.09. The van der Waals surface area contributed by atoms with Gasteiger partial charge in [0.1, 0.15) is 15.9 Å². The van der Waals surface area contributed by atoms with Crippen LogP contribution in [-0.2, 0) is 0 Å². The highest BCUT2D eigenvalue weighted by Crippen LogP contribution is 2.17. The molecular weight excluding hydrogens is 286 g/mol. The average Bonchev–Trinajstić information content (AvgIpc) is 2.70. The first-order valence-electron chi connectivity index (χ1n) is 3.49. The van der Waals surface area contributed by atoms with E-state index in [-0.39, 0.29) is 4.99 Å². The van der Waals surface area contributed by atoms with Crippen molar-refractivity contribution in [1.82, 2.24) is 19.7 Å². The van der Waals surface area contributed by atoms with Crippen molar-refractivity contribution < 1.29 is 0 Å². The Morgan fingerprint density at radius 1 is 1.64 bits per heavy atom. The maximum absolute atomic E-state index is 5.38. The van der Waals surface area contributed by atoms with E-state index in [0.717, 1.165) is 4.60 Å². The number of aromatic nitrogens is 4. The summed E-state index contributed by atoms with van der Waals surface area (Å²) in [6.45, 7) is 0. The van der Waals surface area contributed by atoms with Crippen LogP contribution in [0.15, 0.2) is 16.3 Å². The lowest BCUT2D eigenvalue weighted by molar-refractivity contribution is 0.862. The van der Waals surface area contributed by atoms with Crippen LogP contribution >= 0.6 is 39.5 Å². The maximum atomic E-state index is 5.38. The quantitative estimate of drug-likeness (QED) is 0.839. The molecule has 0 unspecified atom stereocenters. The van der Waals surface area contributed by atoms with Gasteiger partial charge < -0.3 is 5.73 Å². The van der Waals surface area contributed by atoms with Crippen molar-refractivity contribution in [2.24, 2.45) is 5.73 Å². The summed E-state index contributed by atoms with van der Waals surface area (Å²) in [7, 11) is 0. The van der Waals surface area contributed by atoms with E-state index >= 15 is 0 Å². The van der Waals surface area contributed by atoms with Crippen molar-refractivity contribution in [3.8, 4) is 5.13 Å². The van der Waals surface area contributed by atoms with Crippen LogP contribution in [-0.4, -0.2) is 24.7 Å². The minimum Gasteiger partial charge on any atom is -0.387 e. The number of nitrogens with two attached hydrogens (primary N) is 1. The van der Waals surface area contributed by atoms with Crippen LogP contribution in [0.1, 0.15) is 5.82 Å². The number of thiazole rings is 1. The molecule has 0 amide bonds. The Bertz CT molecular complexity index is 476. The van der Waals surface area contributed by atoms with E-state index < -0.39 is 0 Å². The topological polar surface area (TPSA) is 69.6 Å². The molecule has 2 N–H and O–H groups in total. The molecule has 0 radical (unpaired) electrons. The third-order valence-electron chi connectivity index (χ3n) is 1.37. The molecule has 14 heavy (non-hydrogen) atoms. The number of halogens is 1. The second-order valence-corrected chi connectivity index (χ2v) is 4.42. The molecule has 0 aliphatic carbocycles. The van der Waals surface area contributed by atoms with Gasteiger partial charge in [0.2, 0.25) is 11.0 Å². The van der Waals surface area contributed by atoms with Gasteiger partial charge in [-0.3, -0.25) is 0 Å². The maximum Gasteiger partial charge on any atom is 0.212 e. The van der Waals surface area contributed by atoms with Gasteiger partial charge >= 0.3 is 0 Å². The number of rotatable bonds is 2. The Morgan fingerprint density at radius 2 is 2.43 bits per heavy atom. The van der Waals surface area contributed by atoms with E-state index in [0.29, 0.717) is 11.0 Å². The Balaban J connectivity index is 2.38. The first kappa shape index (κ1) is 9.69. The molecule has 2 rings (SSSR count). The molecule has 0 fully saturated rings. The fourth-order valence-corrected chi connectivity index (χ4v) is 2.08. The Kier molecular flexibility index (Phi) is 2.57. The normalized spacial score (nSPS) is 10.4. The molecule has 72 valence electrons. The van der Waals surface area contributed by atoms with Gasteiger partial charge in [-0.15, -0.1) is 16.4 Å². The fourth-order valence-electron chi connectivity index (χ4n) is 0.819. The number of nitrogens with zero attached hydrogens (tertiary/aromatic N) is 4. The van der Waals surface area contributed by atoms with Crippen LogP contribution in [0.4, 0.5) is 0 Å². The van der Waals surface area contributed by atoms with E-state index in [1.807, 2.05) is 5.38 Å². The van der Waals surface area contributed by atoms with Crippen molar-refractivity contribution in [3.63, 3.8) is 0 Å². The lowest BCUT2D eigenvalue weighted by atomic mass is 10.6. The summed E-state index contributed by atoms with van der Waals surface area (Å²) in [4.78, 5) is 8.28. The van der Waals surface area contributed by atoms with Gasteiger partial charge in [0.15, 0.2) is 0 Å². The van der Waals surface area contributed by atoms with E-state index in [9.17, 15) is 0 Å². The summed E-state index contributed by atoms with van der Waals surface area (Å²) < 4.78 is 2.30. The Labute approximate surface area is 97.1 Å². The number of thiocarbonyl (C=S) groups is 1. The molecule has 2 aromatic heterocycles. The Morgan fingerprint density at radius 3 is 2.93 bits per heavy atom. The van der Waals surface area contributed by atoms with Crippen LogP contribution < -0.4 is 5.73 Å². The summed E-state index contributed by atoms with van der Waals surface area (Å²) in [5.74, 6) is 0.353. The lowest BCUT2D eigenvalue weighted by Gasteiger charge is -1.90. The van der Waals surface area contributed by atoms with E-state index in [1.165, 1.54) is 22.3 Å². The third kappa shape index (κ3) is 1.81. The predicted octanol–water partition coefficient (Wildman–Crippen LogP) is 1.12. The molecule has 2 heterocycles. The van der Waals surface area contributed by atoms with Crippen LogP contribution in [0.5, 0.6) is 0 Å². The minimum absolute atomic E-state index is 0.180. The van der Waals surface area contributed by atoms with Gasteiger partial charge in [0.05, 0.1) is 0 Å². The van der Waals surface area contributed by atoms with Gasteiger partial charge in [-0.1, -0.05) is 12.2 Å². The van der Waals surface area contributed by atoms with Crippen LogP contribution in [0.3, 0.4) is 0 Å². The first-order chi connectivity index (χ1) is 6.66. The molecule has 0 bridgehead atoms. The molecule has 8 heteroatoms. The largest absolute Gasteiger partial charge is 0.387 e. The van der Waals surface area contributed by atoms with Crippen LogP contribution in [0, 0.1) is 0 Å². The zero-order valence-corrected chi connectivity index (χ0v) is 9.93. The smallest absolute Gasteiger partial charge is 0.212 e. The van der Waals surface area contributed by atoms with Gasteiger partial charge in [0, 0.05) is 5.38 Å². The Hall–Kier alpha value is -0.860. The average molecular weight is 290 g/mol. The fraction of sp³-hybridized carbons (Fsp3) is 0. The molecular formula is C6H4BrN5S2. The van der Waals surface area contributed by atoms with Gasteiger partial charge in [-0.2, -0.15) is 4.68 Å². The summed E-state index contributed by atoms with van der Waals surface area (Å²) in [6.07, 6.45) is 1.53. The van der Waals surface area contributed by atoms with Crippen molar-refractivity contribution in [3.05, 3.63) is 22.1 Å². The van der Waals surface area contributed by atoms with Gasteiger partial charge in [-0.05, 0) is 15.9 Å². The zero-order chi connectivity index (χ0) is 10.1. The minimum atomic E-state index is 0.180. The molecule has 0 aliphatic rings. The molecule has 0 aliphatic heterocycles. The number of hydrogen-bond donors (Lipinski definition) is 1. The summed E-state index contributed by atoms with van der Waals surface area (Å²) >= 11 is 9.44. The summed E-state index contributed by atoms with van der Waals surface area (Å²) in [5.41, 5.74) is 5.38. The first-order valence-corrected chi connectivity index (χ1v) is 5.58. The lowest BCUT2D eigenvalue weighted by Crippen LogP contribution is -2.12. The van der Waals surface area contributed by atoms with Crippen molar-refractivity contribution >= 4 is 44.5 Å². The van der Waals surface area contributed by atoms with Crippen molar-refractivity contribution in [2.75, 3.05) is 0 Å². The van der Waals surface area contributed by atoms with Crippen LogP contribution in [0.2, 0.25) is 0 Å². The molecule has 0 saturated heterocycles. The highest BCUT2D eigenvalue weighted by molar-refractivity contribution is 9.10. The van der Waals surface area contributed by atoms with Crippen LogP contribution in [0.25, 0.3) is 5.13 Å². The van der Waals surface area contributed by atoms with E-state index in [4.69, 9.17) is 18.0 Å². The second-order valence-electron chi connectivity index (χ2n) is 2.33. The molecule has 0 aromatic carbocycles. The SMILES string of the molecule is NC(=S)c1ncn(-c2nc(Br)cs2)n1. The zero-order valence-electron chi connectivity index (χ0n) is 6.72. The second kappa shape index (κ2) is 3.71. The molecule has 0 spiro atoms. The molecule has 0 saturated carbocycles. The number of hydrogen-bond acceptors (Lipinski definition) is 5. The van der Waals surface area contributed by atoms with Crippen molar-refractivity contribution in [1.29, 1.82) is 0 Å². The summed E-state index contributed by atoms with van der Waals surface area (Å²) in [6, 6.07) is 0. The summed E-state index contributed by atoms with van der Waals surface area (Å²) in [5, 5.41) is 6.63. The monoisotopic (exact) mass is 289 g/mol. The molecule has 5 nitrogen and oxygen atoms in total. The van der Waals surface area contributed by atoms with Gasteiger partial charge in [0.25, 0.3) is 0 Å². The highest BCUT2D eigenvalue weighted by Gasteiger charge is 2.07. The van der Waals surface area contributed by atoms with E-state index in [1.54, 1.807) is 0 Å². The molecule has 0 atom stereocenters. The predicted molar refractivity (Wildman–Crippen MR) is 60.6 cm³/mol. The van der Waals surface area contributed by atoms with Crippen molar-refractivity contribution in [2.45, 2.75) is 0 Å². The molecule has 2 aromatic rings. The van der Waals surface area contributed by atoms with Gasteiger partial charge in [-0.25, -0.2) is 9.97 Å². The highest BCUT2D eigenvalue weighted by atomic mass is 79.9.